The minimum atomic E-state index is 1.05. The van der Waals surface area contributed by atoms with Crippen LogP contribution >= 0.6 is 0 Å². The molecule has 0 atom stereocenters. The van der Waals surface area contributed by atoms with Gasteiger partial charge in [-0.05, 0) is 31.2 Å². The van der Waals surface area contributed by atoms with Crippen molar-refractivity contribution in [2.45, 2.75) is 239 Å². The monoisotopic (exact) mass is 664 g/mol. The summed E-state index contributed by atoms with van der Waals surface area (Å²) < 4.78 is 5.15. The van der Waals surface area contributed by atoms with E-state index >= 15 is 0 Å². The molecular formula is C46H83N2+. The number of hydrogen-bond donors (Lipinski definition) is 0. The van der Waals surface area contributed by atoms with Crippen molar-refractivity contribution in [3.05, 3.63) is 54.1 Å². The van der Waals surface area contributed by atoms with Crippen LogP contribution in [0, 0.1) is 0 Å². The standard InChI is InChI=1S/C46H83N2/c1-3-5-7-9-11-13-15-17-19-21-23-25-27-29-31-36-40-47-42-43-48(46(47)44-45-38-34-33-35-39-45)41-37-32-30-28-26-24-22-20-18-16-14-12-10-8-6-4-2/h33-35,38-39,42-43H,3-32,36-37,40-41,44H2,1-2H3/q+1. The first-order chi connectivity index (χ1) is 23.8. The number of hydrogen-bond acceptors (Lipinski definition) is 0. The summed E-state index contributed by atoms with van der Waals surface area (Å²) in [6, 6.07) is 11.1. The molecule has 1 heterocycles. The third-order valence-corrected chi connectivity index (χ3v) is 10.8. The van der Waals surface area contributed by atoms with Gasteiger partial charge in [-0.25, -0.2) is 9.13 Å². The molecule has 1 aromatic carbocycles. The molecule has 48 heavy (non-hydrogen) atoms. The zero-order chi connectivity index (χ0) is 34.0. The molecular weight excluding hydrogens is 581 g/mol. The van der Waals surface area contributed by atoms with Gasteiger partial charge in [-0.15, -0.1) is 0 Å². The van der Waals surface area contributed by atoms with Crippen molar-refractivity contribution >= 4 is 0 Å². The molecule has 2 heteroatoms. The van der Waals surface area contributed by atoms with Gasteiger partial charge in [-0.3, -0.25) is 0 Å². The molecule has 0 spiro atoms. The Balaban J connectivity index is 1.52. The molecule has 0 aliphatic heterocycles. The molecule has 2 nitrogen and oxygen atoms in total. The number of nitrogens with zero attached hydrogens (tertiary/aromatic N) is 2. The van der Waals surface area contributed by atoms with Crippen molar-refractivity contribution in [1.29, 1.82) is 0 Å². The molecule has 2 rings (SSSR count). The second kappa shape index (κ2) is 32.6. The van der Waals surface area contributed by atoms with Gasteiger partial charge in [0, 0.05) is 0 Å². The van der Waals surface area contributed by atoms with E-state index in [0.717, 1.165) is 6.42 Å². The highest BCUT2D eigenvalue weighted by molar-refractivity contribution is 5.18. The van der Waals surface area contributed by atoms with Crippen LogP contribution in [0.2, 0.25) is 0 Å². The van der Waals surface area contributed by atoms with Gasteiger partial charge in [0.25, 0.3) is 5.82 Å². The highest BCUT2D eigenvalue weighted by atomic mass is 15.1. The van der Waals surface area contributed by atoms with E-state index in [1.54, 1.807) is 0 Å². The lowest BCUT2D eigenvalue weighted by atomic mass is 10.0. The molecule has 0 unspecified atom stereocenters. The predicted molar refractivity (Wildman–Crippen MR) is 213 cm³/mol. The van der Waals surface area contributed by atoms with Gasteiger partial charge in [0.1, 0.15) is 12.4 Å². The molecule has 0 aliphatic rings. The summed E-state index contributed by atoms with van der Waals surface area (Å²) in [6.07, 6.45) is 51.7. The Morgan fingerprint density at radius 1 is 0.417 bits per heavy atom. The van der Waals surface area contributed by atoms with E-state index in [1.165, 1.54) is 230 Å². The first kappa shape index (κ1) is 42.6. The van der Waals surface area contributed by atoms with Gasteiger partial charge in [0.2, 0.25) is 0 Å². The van der Waals surface area contributed by atoms with Crippen LogP contribution in [0.15, 0.2) is 42.7 Å². The Bertz CT molecular complexity index is 862. The predicted octanol–water partition coefficient (Wildman–Crippen LogP) is 14.9. The Kier molecular flexibility index (Phi) is 29.0. The van der Waals surface area contributed by atoms with Crippen molar-refractivity contribution in [3.8, 4) is 0 Å². The van der Waals surface area contributed by atoms with Gasteiger partial charge >= 0.3 is 0 Å². The Morgan fingerprint density at radius 2 is 0.771 bits per heavy atom. The quantitative estimate of drug-likeness (QED) is 0.0507. The minimum Gasteiger partial charge on any atom is -0.234 e. The van der Waals surface area contributed by atoms with Crippen LogP contribution in [0.1, 0.15) is 231 Å². The normalized spacial score (nSPS) is 11.5. The zero-order valence-corrected chi connectivity index (χ0v) is 32.7. The lowest BCUT2D eigenvalue weighted by Crippen LogP contribution is -2.37. The molecule has 0 saturated heterocycles. The summed E-state index contributed by atoms with van der Waals surface area (Å²) in [5, 5.41) is 0. The highest BCUT2D eigenvalue weighted by Gasteiger charge is 2.17. The Hall–Kier alpha value is -1.57. The van der Waals surface area contributed by atoms with Crippen LogP contribution in [-0.2, 0) is 19.5 Å². The van der Waals surface area contributed by atoms with Gasteiger partial charge in [-0.1, -0.05) is 224 Å². The number of benzene rings is 1. The molecule has 2 aromatic rings. The van der Waals surface area contributed by atoms with E-state index in [4.69, 9.17) is 0 Å². The number of unbranched alkanes of at least 4 members (excludes halogenated alkanes) is 30. The molecule has 0 N–H and O–H groups in total. The maximum Gasteiger partial charge on any atom is 0.260 e. The number of rotatable bonds is 36. The van der Waals surface area contributed by atoms with Gasteiger partial charge in [0.15, 0.2) is 0 Å². The number of imidazole rings is 1. The molecule has 0 radical (unpaired) electrons. The van der Waals surface area contributed by atoms with Crippen molar-refractivity contribution in [3.63, 3.8) is 0 Å². The van der Waals surface area contributed by atoms with E-state index in [-0.39, 0.29) is 0 Å². The average Bonchev–Trinajstić information content (AvgIpc) is 3.48. The van der Waals surface area contributed by atoms with Crippen LogP contribution in [0.3, 0.4) is 0 Å². The van der Waals surface area contributed by atoms with Gasteiger partial charge in [0.05, 0.1) is 19.5 Å². The number of aromatic nitrogens is 2. The summed E-state index contributed by atoms with van der Waals surface area (Å²) in [5.41, 5.74) is 1.44. The topological polar surface area (TPSA) is 8.81 Å². The summed E-state index contributed by atoms with van der Waals surface area (Å²) in [7, 11) is 0. The zero-order valence-electron chi connectivity index (χ0n) is 32.7. The van der Waals surface area contributed by atoms with Crippen molar-refractivity contribution < 1.29 is 4.57 Å². The van der Waals surface area contributed by atoms with E-state index < -0.39 is 0 Å². The fourth-order valence-electron chi connectivity index (χ4n) is 7.55. The van der Waals surface area contributed by atoms with E-state index in [0.29, 0.717) is 0 Å². The highest BCUT2D eigenvalue weighted by Crippen LogP contribution is 2.16. The maximum absolute atomic E-state index is 2.57. The second-order valence-corrected chi connectivity index (χ2v) is 15.4. The van der Waals surface area contributed by atoms with Crippen molar-refractivity contribution in [1.82, 2.24) is 4.57 Å². The summed E-state index contributed by atoms with van der Waals surface area (Å²) in [5.74, 6) is 1.50. The molecule has 0 fully saturated rings. The first-order valence-corrected chi connectivity index (χ1v) is 22.0. The van der Waals surface area contributed by atoms with Crippen LogP contribution in [0.4, 0.5) is 0 Å². The van der Waals surface area contributed by atoms with E-state index in [9.17, 15) is 0 Å². The molecule has 0 amide bonds. The summed E-state index contributed by atoms with van der Waals surface area (Å²) in [6.45, 7) is 6.96. The van der Waals surface area contributed by atoms with Crippen molar-refractivity contribution in [2.24, 2.45) is 0 Å². The Morgan fingerprint density at radius 3 is 1.17 bits per heavy atom. The van der Waals surface area contributed by atoms with Crippen LogP contribution in [0.25, 0.3) is 0 Å². The largest absolute Gasteiger partial charge is 0.260 e. The Labute approximate surface area is 301 Å². The van der Waals surface area contributed by atoms with E-state index in [2.05, 4.69) is 65.7 Å². The van der Waals surface area contributed by atoms with E-state index in [1.807, 2.05) is 0 Å². The van der Waals surface area contributed by atoms with Crippen LogP contribution in [-0.4, -0.2) is 4.57 Å². The third kappa shape index (κ3) is 23.7. The summed E-state index contributed by atoms with van der Waals surface area (Å²) >= 11 is 0. The smallest absolute Gasteiger partial charge is 0.234 e. The molecule has 0 aliphatic carbocycles. The van der Waals surface area contributed by atoms with Crippen molar-refractivity contribution in [2.75, 3.05) is 0 Å². The summed E-state index contributed by atoms with van der Waals surface area (Å²) in [4.78, 5) is 0. The lowest BCUT2D eigenvalue weighted by Gasteiger charge is -2.07. The van der Waals surface area contributed by atoms with Crippen LogP contribution in [0.5, 0.6) is 0 Å². The van der Waals surface area contributed by atoms with Gasteiger partial charge < -0.3 is 0 Å². The minimum absolute atomic E-state index is 1.05. The third-order valence-electron chi connectivity index (χ3n) is 10.8. The second-order valence-electron chi connectivity index (χ2n) is 15.4. The number of aryl methyl sites for hydroxylation is 2. The SMILES string of the molecule is CCCCCCCCCCCCCCCCCCn1cc[n+](CCCCCCCCCCCCCCCCCC)c1Cc1ccccc1. The maximum atomic E-state index is 2.57. The molecule has 276 valence electrons. The average molecular weight is 664 g/mol. The fourth-order valence-corrected chi connectivity index (χ4v) is 7.55. The van der Waals surface area contributed by atoms with Crippen LogP contribution < -0.4 is 4.57 Å². The van der Waals surface area contributed by atoms with Gasteiger partial charge in [-0.2, -0.15) is 0 Å². The molecule has 1 aromatic heterocycles. The first-order valence-electron chi connectivity index (χ1n) is 22.0. The molecule has 0 saturated carbocycles. The molecule has 0 bridgehead atoms. The lowest BCUT2D eigenvalue weighted by molar-refractivity contribution is -0.703. The fraction of sp³-hybridized carbons (Fsp3) is 0.804.